The second-order valence-electron chi connectivity index (χ2n) is 6.25. The Morgan fingerprint density at radius 1 is 1.29 bits per heavy atom. The van der Waals surface area contributed by atoms with Gasteiger partial charge in [-0.3, -0.25) is 0 Å². The zero-order chi connectivity index (χ0) is 16.3. The molecule has 0 heterocycles. The molecule has 0 spiro atoms. The van der Waals surface area contributed by atoms with Crippen LogP contribution in [0.25, 0.3) is 0 Å². The molecule has 0 aliphatic rings. The fourth-order valence-corrected chi connectivity index (χ4v) is 3.15. The molecule has 0 saturated carbocycles. The zero-order valence-electron chi connectivity index (χ0n) is 13.3. The van der Waals surface area contributed by atoms with Crippen molar-refractivity contribution in [2.45, 2.75) is 39.1 Å². The summed E-state index contributed by atoms with van der Waals surface area (Å²) in [5.74, 6) is -0.233. The van der Waals surface area contributed by atoms with Crippen molar-refractivity contribution >= 4 is 10.0 Å². The Balaban J connectivity index is 3.05. The van der Waals surface area contributed by atoms with E-state index in [0.717, 1.165) is 6.07 Å². The first kappa shape index (κ1) is 18.1. The van der Waals surface area contributed by atoms with Gasteiger partial charge in [0.15, 0.2) is 0 Å². The van der Waals surface area contributed by atoms with E-state index >= 15 is 0 Å². The Bertz CT molecular complexity index is 583. The molecule has 4 nitrogen and oxygen atoms in total. The maximum Gasteiger partial charge on any atom is 0.241 e. The minimum absolute atomic E-state index is 0.00333. The van der Waals surface area contributed by atoms with E-state index in [1.54, 1.807) is 7.05 Å². The highest BCUT2D eigenvalue weighted by Crippen LogP contribution is 2.26. The third-order valence-electron chi connectivity index (χ3n) is 3.97. The van der Waals surface area contributed by atoms with Crippen molar-refractivity contribution in [1.82, 2.24) is 10.0 Å². The van der Waals surface area contributed by atoms with Gasteiger partial charge in [-0.1, -0.05) is 33.8 Å². The van der Waals surface area contributed by atoms with Crippen LogP contribution in [0.3, 0.4) is 0 Å². The van der Waals surface area contributed by atoms with Gasteiger partial charge in [-0.25, -0.2) is 17.5 Å². The highest BCUT2D eigenvalue weighted by molar-refractivity contribution is 7.89. The van der Waals surface area contributed by atoms with E-state index in [0.29, 0.717) is 24.6 Å². The van der Waals surface area contributed by atoms with Crippen molar-refractivity contribution in [3.8, 4) is 0 Å². The van der Waals surface area contributed by atoms with E-state index in [-0.39, 0.29) is 10.3 Å². The minimum atomic E-state index is -3.73. The molecular formula is C15H25FN2O2S. The lowest BCUT2D eigenvalue weighted by molar-refractivity contribution is 0.252. The van der Waals surface area contributed by atoms with Crippen molar-refractivity contribution in [3.63, 3.8) is 0 Å². The van der Waals surface area contributed by atoms with Gasteiger partial charge in [-0.2, -0.15) is 0 Å². The smallest absolute Gasteiger partial charge is 0.241 e. The third-order valence-corrected chi connectivity index (χ3v) is 5.45. The van der Waals surface area contributed by atoms with Gasteiger partial charge >= 0.3 is 0 Å². The minimum Gasteiger partial charge on any atom is -0.316 e. The van der Waals surface area contributed by atoms with Gasteiger partial charge in [-0.15, -0.1) is 0 Å². The van der Waals surface area contributed by atoms with Gasteiger partial charge in [0.1, 0.15) is 5.82 Å². The Kier molecular flexibility index (Phi) is 5.90. The first-order valence-electron chi connectivity index (χ1n) is 7.03. The maximum atomic E-state index is 13.4. The molecule has 0 aliphatic carbocycles. The highest BCUT2D eigenvalue weighted by Gasteiger charge is 2.26. The number of halogens is 1. The Morgan fingerprint density at radius 2 is 1.90 bits per heavy atom. The quantitative estimate of drug-likeness (QED) is 0.812. The molecule has 0 fully saturated rings. The Hall–Kier alpha value is -0.980. The van der Waals surface area contributed by atoms with E-state index in [1.807, 2.05) is 27.7 Å². The topological polar surface area (TPSA) is 58.2 Å². The summed E-state index contributed by atoms with van der Waals surface area (Å²) in [7, 11) is -2.02. The van der Waals surface area contributed by atoms with Gasteiger partial charge in [0.2, 0.25) is 10.0 Å². The molecule has 1 aromatic carbocycles. The van der Waals surface area contributed by atoms with Gasteiger partial charge in [-0.05, 0) is 36.1 Å². The van der Waals surface area contributed by atoms with Crippen LogP contribution in [0.1, 0.15) is 33.3 Å². The molecule has 0 saturated heterocycles. The first-order chi connectivity index (χ1) is 9.60. The lowest BCUT2D eigenvalue weighted by Gasteiger charge is -2.29. The van der Waals surface area contributed by atoms with E-state index in [1.165, 1.54) is 12.1 Å². The predicted molar refractivity (Wildman–Crippen MR) is 83.0 cm³/mol. The number of sulfonamides is 1. The average Bonchev–Trinajstić information content (AvgIpc) is 2.39. The molecule has 0 bridgehead atoms. The molecule has 0 atom stereocenters. The number of hydrogen-bond acceptors (Lipinski definition) is 3. The van der Waals surface area contributed by atoms with Gasteiger partial charge in [0, 0.05) is 13.1 Å². The molecule has 2 N–H and O–H groups in total. The molecule has 0 radical (unpaired) electrons. The molecule has 0 aliphatic heterocycles. The van der Waals surface area contributed by atoms with Crippen LogP contribution in [0.5, 0.6) is 0 Å². The fraction of sp³-hybridized carbons (Fsp3) is 0.600. The lowest BCUT2D eigenvalue weighted by atomic mass is 9.81. The lowest BCUT2D eigenvalue weighted by Crippen LogP contribution is -2.37. The molecule has 0 aromatic heterocycles. The van der Waals surface area contributed by atoms with Crippen LogP contribution in [0.2, 0.25) is 0 Å². The van der Waals surface area contributed by atoms with E-state index < -0.39 is 15.8 Å². The number of rotatable bonds is 7. The molecule has 0 unspecified atom stereocenters. The van der Waals surface area contributed by atoms with E-state index in [4.69, 9.17) is 0 Å². The van der Waals surface area contributed by atoms with Crippen LogP contribution in [0, 0.1) is 17.2 Å². The van der Waals surface area contributed by atoms with Crippen LogP contribution in [-0.2, 0) is 16.6 Å². The van der Waals surface area contributed by atoms with Crippen LogP contribution in [0.4, 0.5) is 4.39 Å². The van der Waals surface area contributed by atoms with Gasteiger partial charge in [0.25, 0.3) is 0 Å². The molecule has 1 rings (SSSR count). The van der Waals surface area contributed by atoms with Crippen molar-refractivity contribution < 1.29 is 12.8 Å². The van der Waals surface area contributed by atoms with E-state index in [9.17, 15) is 12.8 Å². The molecule has 21 heavy (non-hydrogen) atoms. The van der Waals surface area contributed by atoms with Gasteiger partial charge in [0.05, 0.1) is 4.90 Å². The first-order valence-corrected chi connectivity index (χ1v) is 8.51. The SMILES string of the molecule is CNCc1ccc(F)cc1S(=O)(=O)NCC(C)(C)C(C)C. The van der Waals surface area contributed by atoms with Gasteiger partial charge < -0.3 is 5.32 Å². The number of hydrogen-bond donors (Lipinski definition) is 2. The highest BCUT2D eigenvalue weighted by atomic mass is 32.2. The average molecular weight is 316 g/mol. The summed E-state index contributed by atoms with van der Waals surface area (Å²) in [6, 6.07) is 3.83. The normalized spacial score (nSPS) is 12.9. The fourth-order valence-electron chi connectivity index (χ4n) is 1.68. The molecule has 0 amide bonds. The second kappa shape index (κ2) is 6.85. The largest absolute Gasteiger partial charge is 0.316 e. The monoisotopic (exact) mass is 316 g/mol. The summed E-state index contributed by atoms with van der Waals surface area (Å²) in [5.41, 5.74) is 0.373. The summed E-state index contributed by atoms with van der Waals surface area (Å²) in [6.45, 7) is 8.76. The standard InChI is InChI=1S/C15H25FN2O2S/c1-11(2)15(3,4)10-18-21(19,20)14-8-13(16)7-6-12(14)9-17-5/h6-8,11,17-18H,9-10H2,1-5H3. The van der Waals surface area contributed by atoms with Crippen LogP contribution >= 0.6 is 0 Å². The van der Waals surface area contributed by atoms with Crippen LogP contribution < -0.4 is 10.0 Å². The third kappa shape index (κ3) is 4.76. The zero-order valence-corrected chi connectivity index (χ0v) is 14.1. The van der Waals surface area contributed by atoms with Crippen LogP contribution in [0.15, 0.2) is 23.1 Å². The Morgan fingerprint density at radius 3 is 2.43 bits per heavy atom. The molecule has 6 heteroatoms. The van der Waals surface area contributed by atoms with Crippen molar-refractivity contribution in [2.24, 2.45) is 11.3 Å². The van der Waals surface area contributed by atoms with Crippen molar-refractivity contribution in [2.75, 3.05) is 13.6 Å². The number of benzene rings is 1. The van der Waals surface area contributed by atoms with Crippen molar-refractivity contribution in [1.29, 1.82) is 0 Å². The molecule has 1 aromatic rings. The van der Waals surface area contributed by atoms with Crippen molar-refractivity contribution in [3.05, 3.63) is 29.6 Å². The summed E-state index contributed by atoms with van der Waals surface area (Å²) in [4.78, 5) is -0.00333. The maximum absolute atomic E-state index is 13.4. The molecule has 120 valence electrons. The number of nitrogens with one attached hydrogen (secondary N) is 2. The summed E-state index contributed by atoms with van der Waals surface area (Å²) in [6.07, 6.45) is 0. The van der Waals surface area contributed by atoms with E-state index in [2.05, 4.69) is 10.0 Å². The molecular weight excluding hydrogens is 291 g/mol. The summed E-state index contributed by atoms with van der Waals surface area (Å²) in [5, 5.41) is 2.89. The Labute approximate surface area is 127 Å². The predicted octanol–water partition coefficient (Wildman–Crippen LogP) is 2.51. The second-order valence-corrected chi connectivity index (χ2v) is 7.99. The van der Waals surface area contributed by atoms with Crippen LogP contribution in [-0.4, -0.2) is 22.0 Å². The summed E-state index contributed by atoms with van der Waals surface area (Å²) >= 11 is 0. The summed E-state index contributed by atoms with van der Waals surface area (Å²) < 4.78 is 40.9.